The third-order valence-electron chi connectivity index (χ3n) is 24.9. The molecule has 0 aliphatic heterocycles. The molecule has 0 radical (unpaired) electrons. The van der Waals surface area contributed by atoms with Crippen LogP contribution in [0.5, 0.6) is 0 Å². The second-order valence-corrected chi connectivity index (χ2v) is 38.6. The molecule has 0 unspecified atom stereocenters. The molecule has 574 valence electrons. The first kappa shape index (κ1) is 75.6. The number of hydrogen-bond acceptors (Lipinski definition) is 0. The largest absolute Gasteiger partial charge is 0.0616 e. The molecular formula is C119H88SeSi. The Labute approximate surface area is 715 Å². The van der Waals surface area contributed by atoms with E-state index in [1.165, 1.54) is 211 Å². The number of benzene rings is 22. The first-order chi connectivity index (χ1) is 59.6. The van der Waals surface area contributed by atoms with Gasteiger partial charge in [0.25, 0.3) is 0 Å². The Balaban J connectivity index is 0.0000000968. The van der Waals surface area contributed by atoms with Gasteiger partial charge in [0.1, 0.15) is 0 Å². The van der Waals surface area contributed by atoms with Gasteiger partial charge >= 0.3 is 167 Å². The van der Waals surface area contributed by atoms with E-state index in [4.69, 9.17) is 0 Å². The van der Waals surface area contributed by atoms with Crippen LogP contribution in [-0.2, 0) is 0 Å². The van der Waals surface area contributed by atoms with E-state index in [0.717, 1.165) is 0 Å². The molecule has 121 heavy (non-hydrogen) atoms. The van der Waals surface area contributed by atoms with Crippen LogP contribution in [0.25, 0.3) is 183 Å². The van der Waals surface area contributed by atoms with Crippen LogP contribution in [0.3, 0.4) is 0 Å². The Hall–Kier alpha value is -14.1. The molecule has 0 atom stereocenters. The first-order valence-electron chi connectivity index (χ1n) is 42.1. The molecule has 0 N–H and O–H groups in total. The molecule has 1 aromatic heterocycles. The van der Waals surface area contributed by atoms with Crippen molar-refractivity contribution >= 4 is 154 Å². The van der Waals surface area contributed by atoms with Crippen LogP contribution in [0.1, 0.15) is 22.3 Å². The molecule has 0 spiro atoms. The van der Waals surface area contributed by atoms with Gasteiger partial charge < -0.3 is 0 Å². The molecule has 0 saturated heterocycles. The maximum Gasteiger partial charge on any atom is -0.00928 e. The smallest absolute Gasteiger partial charge is 0.00928 e. The van der Waals surface area contributed by atoms with Crippen molar-refractivity contribution in [1.29, 1.82) is 0 Å². The van der Waals surface area contributed by atoms with Crippen molar-refractivity contribution in [2.75, 3.05) is 0 Å². The normalized spacial score (nSPS) is 11.5. The van der Waals surface area contributed by atoms with Crippen LogP contribution in [-0.4, -0.2) is 22.6 Å². The molecule has 0 saturated carbocycles. The van der Waals surface area contributed by atoms with Crippen molar-refractivity contribution < 1.29 is 0 Å². The molecule has 0 fully saturated rings. The van der Waals surface area contributed by atoms with Gasteiger partial charge in [-0.15, -0.1) is 0 Å². The molecular weight excluding hydrogens is 1540 g/mol. The van der Waals surface area contributed by atoms with Crippen molar-refractivity contribution in [2.45, 2.75) is 34.2 Å². The maximum atomic E-state index is 2.52. The molecule has 0 nitrogen and oxygen atoms in total. The summed E-state index contributed by atoms with van der Waals surface area (Å²) in [5.41, 5.74) is 20.7. The summed E-state index contributed by atoms with van der Waals surface area (Å²) < 4.78 is 3.11. The van der Waals surface area contributed by atoms with E-state index in [9.17, 15) is 0 Å². The zero-order valence-corrected chi connectivity index (χ0v) is 71.3. The average molecular weight is 1630 g/mol. The van der Waals surface area contributed by atoms with E-state index in [2.05, 4.69) is 477 Å². The summed E-state index contributed by atoms with van der Waals surface area (Å²) in [7, 11) is -2.06. The van der Waals surface area contributed by atoms with E-state index in [0.29, 0.717) is 14.5 Å². The van der Waals surface area contributed by atoms with Crippen molar-refractivity contribution in [1.82, 2.24) is 0 Å². The van der Waals surface area contributed by atoms with Crippen molar-refractivity contribution in [2.24, 2.45) is 0 Å². The van der Waals surface area contributed by atoms with Gasteiger partial charge in [0.2, 0.25) is 0 Å². The van der Waals surface area contributed by atoms with Gasteiger partial charge in [-0.1, -0.05) is 350 Å². The van der Waals surface area contributed by atoms with E-state index < -0.39 is 8.07 Å². The minimum atomic E-state index is -2.06. The molecule has 1 aliphatic rings. The summed E-state index contributed by atoms with van der Waals surface area (Å²) in [6.45, 7) is 11.1. The van der Waals surface area contributed by atoms with E-state index in [1.54, 1.807) is 9.45 Å². The summed E-state index contributed by atoms with van der Waals surface area (Å²) in [4.78, 5) is 0. The fourth-order valence-corrected chi connectivity index (χ4v) is 26.5. The Kier molecular flexibility index (Phi) is 20.4. The van der Waals surface area contributed by atoms with Crippen LogP contribution in [0.4, 0.5) is 0 Å². The summed E-state index contributed by atoms with van der Waals surface area (Å²) >= 11 is 0.375. The third kappa shape index (κ3) is 14.2. The minimum Gasteiger partial charge on any atom is -0.0616 e. The van der Waals surface area contributed by atoms with Crippen molar-refractivity contribution in [3.63, 3.8) is 0 Å². The van der Waals surface area contributed by atoms with Crippen molar-refractivity contribution in [3.8, 4) is 66.8 Å². The van der Waals surface area contributed by atoms with Crippen LogP contribution in [0.2, 0.25) is 6.55 Å². The Morgan fingerprint density at radius 3 is 0.876 bits per heavy atom. The SMILES string of the molecule is C[Si](c1ccccc1)(c1ccccc1)c1cccc2c1[se]c1ccccc12.Cc1ccc(-c2ccc3c4ccccc4c4ccccc4c3c2)cc1.Cc1ccc2c(c1)-c1ccccc1-c1ccccc1-c1ccccc1-2.Cc1ccc2c3ccccc3c3ccccc3c2c1.Cc1cccc(-c2ccc3c4ccccc4c4ccccc4c3c2)c1. The number of aryl methyl sites for hydroxylation is 4. The molecule has 22 aromatic carbocycles. The number of fused-ring (bicyclic) bond motifs is 29. The molecule has 2 heteroatoms. The van der Waals surface area contributed by atoms with Gasteiger partial charge in [0.15, 0.2) is 0 Å². The van der Waals surface area contributed by atoms with Crippen LogP contribution < -0.4 is 15.6 Å². The van der Waals surface area contributed by atoms with Gasteiger partial charge in [0.05, 0.1) is 0 Å². The van der Waals surface area contributed by atoms with Gasteiger partial charge in [-0.2, -0.15) is 0 Å². The maximum absolute atomic E-state index is 2.52. The topological polar surface area (TPSA) is 0 Å². The number of rotatable bonds is 5. The fraction of sp³-hybridized carbons (Fsp3) is 0.0420. The van der Waals surface area contributed by atoms with E-state index in [1.807, 2.05) is 0 Å². The average Bonchev–Trinajstić information content (AvgIpc) is 1.71. The third-order valence-corrected chi connectivity index (χ3v) is 32.3. The first-order valence-corrected chi connectivity index (χ1v) is 46.3. The zero-order chi connectivity index (χ0) is 81.5. The van der Waals surface area contributed by atoms with Crippen LogP contribution in [0.15, 0.2) is 443 Å². The van der Waals surface area contributed by atoms with Gasteiger partial charge in [-0.05, 0) is 204 Å². The Bertz CT molecular complexity index is 7740. The summed E-state index contributed by atoms with van der Waals surface area (Å²) in [5.74, 6) is 0. The van der Waals surface area contributed by atoms with Gasteiger partial charge in [-0.25, -0.2) is 0 Å². The standard InChI is InChI=1S/C25H20SeSi.3C25H18.C19H14/c1-27(19-11-4-2-5-12-19,20-13-6-3-7-14-20)24-18-10-16-22-21-15-8-9-17-23(21)26-25(22)24;1-17-7-6-8-18(15-17)19-13-14-24-22-11-3-2-9-20(22)21-10-4-5-12-23(21)25(24)16-19;1-17-14-15-24-22-12-5-4-10-20(22)18-8-2-3-9-19(18)21-11-6-7-13-23(21)25(24)16-17;1-17-10-12-18(13-11-17)19-14-15-24-22-8-3-2-6-20(22)21-7-4-5-9-23(21)25(24)16-19;1-13-10-11-18-16-8-3-2-6-14(16)15-7-4-5-9-17(15)19(18)12-13/h2-18H,1H3;3*2-16H,1H3;2-12H,1H3. The van der Waals surface area contributed by atoms with E-state index >= 15 is 0 Å². The van der Waals surface area contributed by atoms with Gasteiger partial charge in [0, 0.05) is 0 Å². The van der Waals surface area contributed by atoms with Crippen molar-refractivity contribution in [3.05, 3.63) is 465 Å². The molecule has 1 heterocycles. The Morgan fingerprint density at radius 1 is 0.165 bits per heavy atom. The molecule has 24 rings (SSSR count). The van der Waals surface area contributed by atoms with Gasteiger partial charge in [-0.3, -0.25) is 0 Å². The summed E-state index contributed by atoms with van der Waals surface area (Å²) in [5, 5.41) is 31.4. The quantitative estimate of drug-likeness (QED) is 0.0915. The summed E-state index contributed by atoms with van der Waals surface area (Å²) in [6, 6.07) is 162. The molecule has 0 amide bonds. The van der Waals surface area contributed by atoms with E-state index in [-0.39, 0.29) is 0 Å². The Morgan fingerprint density at radius 2 is 0.446 bits per heavy atom. The van der Waals surface area contributed by atoms with Crippen LogP contribution in [0, 0.1) is 27.7 Å². The fourth-order valence-electron chi connectivity index (χ4n) is 18.9. The summed E-state index contributed by atoms with van der Waals surface area (Å²) in [6.07, 6.45) is 0. The molecule has 0 bridgehead atoms. The predicted octanol–water partition coefficient (Wildman–Crippen LogP) is 30.8. The molecule has 1 aliphatic carbocycles. The zero-order valence-electron chi connectivity index (χ0n) is 68.6. The molecule has 23 aromatic rings. The van der Waals surface area contributed by atoms with Crippen LogP contribution >= 0.6 is 0 Å². The second-order valence-electron chi connectivity index (χ2n) is 32.4. The number of hydrogen-bond donors (Lipinski definition) is 0. The monoisotopic (exact) mass is 1620 g/mol. The second kappa shape index (κ2) is 32.7. The predicted molar refractivity (Wildman–Crippen MR) is 530 cm³/mol. The minimum absolute atomic E-state index is 0.375.